The standard InChI is InChI=1S/C24H37N5O2.HI/c1-3-25-24(27-14-8-15-30-18-21-12-16-31-19-21)26-13-7-9-22-17-29(28-20(22)2)23-10-5-4-6-11-23;/h4-6,10-11,17,21H,3,7-9,12-16,18-19H2,1-2H3,(H2,25,26,27);1H. The van der Waals surface area contributed by atoms with Crippen LogP contribution in [0, 0.1) is 12.8 Å². The minimum absolute atomic E-state index is 0. The minimum atomic E-state index is 0. The molecule has 1 aliphatic rings. The molecule has 1 saturated heterocycles. The highest BCUT2D eigenvalue weighted by atomic mass is 127. The molecule has 178 valence electrons. The second-order valence-electron chi connectivity index (χ2n) is 7.97. The number of nitrogens with zero attached hydrogens (tertiary/aromatic N) is 3. The van der Waals surface area contributed by atoms with E-state index >= 15 is 0 Å². The molecule has 2 heterocycles. The summed E-state index contributed by atoms with van der Waals surface area (Å²) in [6.07, 6.45) is 6.19. The zero-order valence-electron chi connectivity index (χ0n) is 19.4. The van der Waals surface area contributed by atoms with E-state index < -0.39 is 0 Å². The molecule has 1 fully saturated rings. The molecule has 2 aromatic rings. The first-order valence-corrected chi connectivity index (χ1v) is 11.5. The number of hydrogen-bond acceptors (Lipinski definition) is 4. The van der Waals surface area contributed by atoms with Crippen molar-refractivity contribution in [3.63, 3.8) is 0 Å². The number of rotatable bonds is 12. The van der Waals surface area contributed by atoms with Crippen molar-refractivity contribution in [2.75, 3.05) is 46.1 Å². The lowest BCUT2D eigenvalue weighted by molar-refractivity contribution is 0.0888. The van der Waals surface area contributed by atoms with E-state index in [1.54, 1.807) is 0 Å². The Morgan fingerprint density at radius 3 is 2.84 bits per heavy atom. The van der Waals surface area contributed by atoms with Crippen molar-refractivity contribution in [2.24, 2.45) is 10.9 Å². The van der Waals surface area contributed by atoms with Crippen LogP contribution in [0.5, 0.6) is 0 Å². The first-order valence-electron chi connectivity index (χ1n) is 11.5. The lowest BCUT2D eigenvalue weighted by Crippen LogP contribution is -2.38. The van der Waals surface area contributed by atoms with Crippen molar-refractivity contribution in [3.8, 4) is 5.69 Å². The van der Waals surface area contributed by atoms with Gasteiger partial charge in [-0.1, -0.05) is 18.2 Å². The van der Waals surface area contributed by atoms with E-state index in [1.165, 1.54) is 5.56 Å². The Bertz CT molecular complexity index is 791. The van der Waals surface area contributed by atoms with E-state index in [0.717, 1.165) is 89.1 Å². The van der Waals surface area contributed by atoms with Gasteiger partial charge in [0.15, 0.2) is 5.96 Å². The van der Waals surface area contributed by atoms with Crippen LogP contribution in [-0.2, 0) is 15.9 Å². The maximum absolute atomic E-state index is 5.76. The number of aliphatic imine (C=N–C) groups is 1. The fourth-order valence-corrected chi connectivity index (χ4v) is 3.60. The fraction of sp³-hybridized carbons (Fsp3) is 0.583. The van der Waals surface area contributed by atoms with Crippen LogP contribution in [0.25, 0.3) is 5.69 Å². The molecule has 0 aliphatic carbocycles. The van der Waals surface area contributed by atoms with Crippen LogP contribution in [0.15, 0.2) is 41.5 Å². The van der Waals surface area contributed by atoms with Gasteiger partial charge in [0.05, 0.1) is 24.6 Å². The summed E-state index contributed by atoms with van der Waals surface area (Å²) in [5, 5.41) is 11.4. The van der Waals surface area contributed by atoms with Gasteiger partial charge in [-0.25, -0.2) is 4.68 Å². The smallest absolute Gasteiger partial charge is 0.191 e. The first-order chi connectivity index (χ1) is 15.3. The summed E-state index contributed by atoms with van der Waals surface area (Å²) in [5.74, 6) is 1.46. The third-order valence-electron chi connectivity index (χ3n) is 5.38. The summed E-state index contributed by atoms with van der Waals surface area (Å²) < 4.78 is 13.1. The number of guanidine groups is 1. The lowest BCUT2D eigenvalue weighted by Gasteiger charge is -2.12. The maximum atomic E-state index is 5.76. The Balaban J connectivity index is 0.00000363. The number of ether oxygens (including phenoxy) is 2. The van der Waals surface area contributed by atoms with Crippen LogP contribution in [-0.4, -0.2) is 61.8 Å². The van der Waals surface area contributed by atoms with Crippen LogP contribution >= 0.6 is 24.0 Å². The van der Waals surface area contributed by atoms with Gasteiger partial charge in [-0.15, -0.1) is 24.0 Å². The molecule has 0 bridgehead atoms. The van der Waals surface area contributed by atoms with Gasteiger partial charge in [0, 0.05) is 45.0 Å². The number of benzene rings is 1. The van der Waals surface area contributed by atoms with Crippen LogP contribution in [0.3, 0.4) is 0 Å². The lowest BCUT2D eigenvalue weighted by atomic mass is 10.1. The topological polar surface area (TPSA) is 72.7 Å². The van der Waals surface area contributed by atoms with Crippen LogP contribution in [0.4, 0.5) is 0 Å². The highest BCUT2D eigenvalue weighted by molar-refractivity contribution is 14.0. The molecule has 0 saturated carbocycles. The molecule has 1 aromatic carbocycles. The molecule has 1 aliphatic heterocycles. The highest BCUT2D eigenvalue weighted by Crippen LogP contribution is 2.14. The zero-order chi connectivity index (χ0) is 21.7. The monoisotopic (exact) mass is 555 g/mol. The van der Waals surface area contributed by atoms with E-state index in [2.05, 4.69) is 47.9 Å². The van der Waals surface area contributed by atoms with Crippen molar-refractivity contribution >= 4 is 29.9 Å². The minimum Gasteiger partial charge on any atom is -0.381 e. The van der Waals surface area contributed by atoms with Crippen molar-refractivity contribution in [1.82, 2.24) is 20.4 Å². The third kappa shape index (κ3) is 9.07. The van der Waals surface area contributed by atoms with E-state index in [1.807, 2.05) is 22.9 Å². The van der Waals surface area contributed by atoms with Gasteiger partial charge in [0.25, 0.3) is 0 Å². The van der Waals surface area contributed by atoms with Crippen molar-refractivity contribution < 1.29 is 9.47 Å². The Morgan fingerprint density at radius 2 is 2.09 bits per heavy atom. The first kappa shape index (κ1) is 26.6. The predicted octanol–water partition coefficient (Wildman–Crippen LogP) is 3.73. The average Bonchev–Trinajstić information content (AvgIpc) is 3.44. The number of aryl methyl sites for hydroxylation is 2. The van der Waals surface area contributed by atoms with Crippen LogP contribution in [0.2, 0.25) is 0 Å². The number of aromatic nitrogens is 2. The van der Waals surface area contributed by atoms with Crippen molar-refractivity contribution in [3.05, 3.63) is 47.8 Å². The third-order valence-corrected chi connectivity index (χ3v) is 5.38. The summed E-state index contributed by atoms with van der Waals surface area (Å²) in [4.78, 5) is 4.71. The number of para-hydroxylation sites is 1. The Morgan fingerprint density at radius 1 is 1.25 bits per heavy atom. The summed E-state index contributed by atoms with van der Waals surface area (Å²) in [6.45, 7) is 9.97. The van der Waals surface area contributed by atoms with Crippen molar-refractivity contribution in [2.45, 2.75) is 39.5 Å². The molecular weight excluding hydrogens is 517 g/mol. The molecule has 0 amide bonds. The molecule has 1 atom stereocenters. The largest absolute Gasteiger partial charge is 0.381 e. The predicted molar refractivity (Wildman–Crippen MR) is 140 cm³/mol. The molecule has 1 aromatic heterocycles. The molecule has 32 heavy (non-hydrogen) atoms. The van der Waals surface area contributed by atoms with Crippen LogP contribution in [0.1, 0.15) is 37.4 Å². The summed E-state index contributed by atoms with van der Waals surface area (Å²) in [5.41, 5.74) is 3.46. The van der Waals surface area contributed by atoms with Gasteiger partial charge in [-0.3, -0.25) is 4.99 Å². The average molecular weight is 556 g/mol. The van der Waals surface area contributed by atoms with E-state index in [0.29, 0.717) is 5.92 Å². The maximum Gasteiger partial charge on any atom is 0.191 e. The van der Waals surface area contributed by atoms with E-state index in [4.69, 9.17) is 14.5 Å². The summed E-state index contributed by atoms with van der Waals surface area (Å²) in [7, 11) is 0. The second-order valence-corrected chi connectivity index (χ2v) is 7.97. The number of hydrogen-bond donors (Lipinski definition) is 2. The van der Waals surface area contributed by atoms with Gasteiger partial charge >= 0.3 is 0 Å². The summed E-state index contributed by atoms with van der Waals surface area (Å²) >= 11 is 0. The molecule has 1 unspecified atom stereocenters. The Kier molecular flexibility index (Phi) is 12.7. The normalized spacial score (nSPS) is 16.1. The van der Waals surface area contributed by atoms with Gasteiger partial charge < -0.3 is 20.1 Å². The molecule has 0 radical (unpaired) electrons. The van der Waals surface area contributed by atoms with Gasteiger partial charge in [0.2, 0.25) is 0 Å². The Labute approximate surface area is 209 Å². The second kappa shape index (κ2) is 15.2. The zero-order valence-corrected chi connectivity index (χ0v) is 21.7. The Hall–Kier alpha value is -1.65. The van der Waals surface area contributed by atoms with E-state index in [9.17, 15) is 0 Å². The molecular formula is C24H38IN5O2. The quantitative estimate of drug-likeness (QED) is 0.181. The molecule has 8 heteroatoms. The summed E-state index contributed by atoms with van der Waals surface area (Å²) in [6, 6.07) is 10.2. The molecule has 2 N–H and O–H groups in total. The number of halogens is 1. The molecule has 0 spiro atoms. The van der Waals surface area contributed by atoms with Gasteiger partial charge in [-0.2, -0.15) is 5.10 Å². The van der Waals surface area contributed by atoms with Crippen LogP contribution < -0.4 is 10.6 Å². The SMILES string of the molecule is CCNC(=NCCCc1cn(-c2ccccc2)nc1C)NCCCOCC1CCOC1.I. The van der Waals surface area contributed by atoms with Crippen molar-refractivity contribution in [1.29, 1.82) is 0 Å². The van der Waals surface area contributed by atoms with Gasteiger partial charge in [0.1, 0.15) is 0 Å². The molecule has 7 nitrogen and oxygen atoms in total. The number of nitrogens with one attached hydrogen (secondary N) is 2. The van der Waals surface area contributed by atoms with Gasteiger partial charge in [-0.05, 0) is 57.2 Å². The fourth-order valence-electron chi connectivity index (χ4n) is 3.60. The van der Waals surface area contributed by atoms with E-state index in [-0.39, 0.29) is 24.0 Å². The molecule has 3 rings (SSSR count). The highest BCUT2D eigenvalue weighted by Gasteiger charge is 2.15.